The smallest absolute Gasteiger partial charge is 0.212 e. The van der Waals surface area contributed by atoms with E-state index in [-0.39, 0.29) is 0 Å². The Balaban J connectivity index is 1.85. The van der Waals surface area contributed by atoms with Crippen molar-refractivity contribution in [1.29, 1.82) is 0 Å². The molecule has 0 atom stereocenters. The number of pyridine rings is 2. The van der Waals surface area contributed by atoms with E-state index in [0.29, 0.717) is 18.1 Å². The number of carbonyl (C=O) groups is 1. The lowest BCUT2D eigenvalue weighted by Gasteiger charge is -2.10. The van der Waals surface area contributed by atoms with E-state index >= 15 is 0 Å². The van der Waals surface area contributed by atoms with Crippen LogP contribution in [0.25, 0.3) is 11.1 Å². The van der Waals surface area contributed by atoms with Gasteiger partial charge in [0.05, 0.1) is 12.3 Å². The predicted octanol–water partition coefficient (Wildman–Crippen LogP) is 2.81. The Morgan fingerprint density at radius 3 is 2.95 bits per heavy atom. The van der Waals surface area contributed by atoms with Gasteiger partial charge in [-0.15, -0.1) is 0 Å². The van der Waals surface area contributed by atoms with Crippen LogP contribution in [0.5, 0.6) is 5.75 Å². The highest BCUT2D eigenvalue weighted by molar-refractivity contribution is 5.73. The Hall–Kier alpha value is -2.43. The third-order valence-electron chi connectivity index (χ3n) is 3.51. The number of hydrogen-bond acceptors (Lipinski definition) is 4. The number of aromatic nitrogens is 2. The zero-order chi connectivity index (χ0) is 14.7. The molecule has 0 spiro atoms. The molecule has 21 heavy (non-hydrogen) atoms. The number of ether oxygens (including phenoxy) is 1. The molecule has 1 saturated carbocycles. The molecule has 3 rings (SSSR count). The maximum absolute atomic E-state index is 10.5. The molecule has 0 bridgehead atoms. The first kappa shape index (κ1) is 13.5. The van der Waals surface area contributed by atoms with Crippen LogP contribution in [0.2, 0.25) is 0 Å². The Bertz CT molecular complexity index is 654. The average molecular weight is 283 g/mol. The number of nitrogens with zero attached hydrogens (tertiary/aromatic N) is 2. The predicted molar refractivity (Wildman–Crippen MR) is 80.1 cm³/mol. The number of amides is 1. The van der Waals surface area contributed by atoms with E-state index in [4.69, 9.17) is 4.74 Å². The lowest BCUT2D eigenvalue weighted by Crippen LogP contribution is -2.02. The number of anilines is 1. The van der Waals surface area contributed by atoms with Crippen LogP contribution in [0, 0.1) is 12.8 Å². The van der Waals surface area contributed by atoms with Crippen LogP contribution < -0.4 is 10.1 Å². The van der Waals surface area contributed by atoms with Crippen LogP contribution in [0.15, 0.2) is 30.6 Å². The van der Waals surface area contributed by atoms with Gasteiger partial charge in [0.25, 0.3) is 0 Å². The van der Waals surface area contributed by atoms with Crippen molar-refractivity contribution >= 4 is 12.2 Å². The van der Waals surface area contributed by atoms with Gasteiger partial charge in [0.2, 0.25) is 6.41 Å². The summed E-state index contributed by atoms with van der Waals surface area (Å²) < 4.78 is 5.85. The first-order valence-corrected chi connectivity index (χ1v) is 7.02. The molecule has 1 amide bonds. The van der Waals surface area contributed by atoms with Crippen LogP contribution in [0.4, 0.5) is 5.82 Å². The second-order valence-corrected chi connectivity index (χ2v) is 5.25. The summed E-state index contributed by atoms with van der Waals surface area (Å²) in [5.74, 6) is 2.04. The lowest BCUT2D eigenvalue weighted by molar-refractivity contribution is -0.105. The SMILES string of the molecule is Cc1ncc(-c2ccnc(NC=O)c2)cc1OCC1CC1. The molecule has 1 fully saturated rings. The van der Waals surface area contributed by atoms with Gasteiger partial charge in [0.1, 0.15) is 11.6 Å². The number of aryl methyl sites for hydroxylation is 1. The third-order valence-corrected chi connectivity index (χ3v) is 3.51. The minimum atomic E-state index is 0.517. The summed E-state index contributed by atoms with van der Waals surface area (Å²) in [5, 5.41) is 2.55. The van der Waals surface area contributed by atoms with Gasteiger partial charge in [-0.3, -0.25) is 9.78 Å². The average Bonchev–Trinajstić information content (AvgIpc) is 3.31. The molecule has 2 aromatic rings. The van der Waals surface area contributed by atoms with Crippen molar-refractivity contribution in [2.24, 2.45) is 5.92 Å². The minimum Gasteiger partial charge on any atom is -0.491 e. The van der Waals surface area contributed by atoms with E-state index in [0.717, 1.165) is 29.2 Å². The van der Waals surface area contributed by atoms with Crippen LogP contribution in [0.3, 0.4) is 0 Å². The van der Waals surface area contributed by atoms with Gasteiger partial charge >= 0.3 is 0 Å². The van der Waals surface area contributed by atoms with E-state index in [9.17, 15) is 4.79 Å². The summed E-state index contributed by atoms with van der Waals surface area (Å²) in [6.45, 7) is 2.71. The van der Waals surface area contributed by atoms with E-state index in [1.807, 2.05) is 25.1 Å². The molecular formula is C16H17N3O2. The number of hydrogen-bond donors (Lipinski definition) is 1. The fourth-order valence-electron chi connectivity index (χ4n) is 2.06. The molecule has 0 radical (unpaired) electrons. The Morgan fingerprint density at radius 1 is 1.33 bits per heavy atom. The van der Waals surface area contributed by atoms with Gasteiger partial charge in [0, 0.05) is 18.0 Å². The first-order chi connectivity index (χ1) is 10.3. The first-order valence-electron chi connectivity index (χ1n) is 7.02. The van der Waals surface area contributed by atoms with Crippen molar-refractivity contribution in [2.75, 3.05) is 11.9 Å². The van der Waals surface area contributed by atoms with Gasteiger partial charge in [-0.1, -0.05) is 0 Å². The second-order valence-electron chi connectivity index (χ2n) is 5.25. The highest BCUT2D eigenvalue weighted by Gasteiger charge is 2.22. The normalized spacial score (nSPS) is 13.8. The van der Waals surface area contributed by atoms with E-state index in [1.165, 1.54) is 12.8 Å². The van der Waals surface area contributed by atoms with Gasteiger partial charge in [0.15, 0.2) is 0 Å². The molecule has 0 aliphatic heterocycles. The second kappa shape index (κ2) is 5.91. The maximum Gasteiger partial charge on any atom is 0.212 e. The molecule has 5 nitrogen and oxygen atoms in total. The van der Waals surface area contributed by atoms with Crippen molar-refractivity contribution in [3.8, 4) is 16.9 Å². The summed E-state index contributed by atoms with van der Waals surface area (Å²) in [5.41, 5.74) is 2.78. The molecular weight excluding hydrogens is 266 g/mol. The van der Waals surface area contributed by atoms with Gasteiger partial charge in [-0.25, -0.2) is 4.98 Å². The molecule has 2 heterocycles. The summed E-state index contributed by atoms with van der Waals surface area (Å²) >= 11 is 0. The fraction of sp³-hybridized carbons (Fsp3) is 0.312. The molecule has 1 N–H and O–H groups in total. The Labute approximate surface area is 123 Å². The molecule has 108 valence electrons. The fourth-order valence-corrected chi connectivity index (χ4v) is 2.06. The summed E-state index contributed by atoms with van der Waals surface area (Å²) in [7, 11) is 0. The Kier molecular flexibility index (Phi) is 3.81. The van der Waals surface area contributed by atoms with Crippen molar-refractivity contribution in [3.63, 3.8) is 0 Å². The molecule has 5 heteroatoms. The van der Waals surface area contributed by atoms with Crippen molar-refractivity contribution < 1.29 is 9.53 Å². The lowest BCUT2D eigenvalue weighted by atomic mass is 10.1. The van der Waals surface area contributed by atoms with Gasteiger partial charge in [-0.05, 0) is 49.4 Å². The molecule has 2 aromatic heterocycles. The zero-order valence-electron chi connectivity index (χ0n) is 11.9. The minimum absolute atomic E-state index is 0.517. The number of nitrogens with one attached hydrogen (secondary N) is 1. The highest BCUT2D eigenvalue weighted by atomic mass is 16.5. The number of rotatable bonds is 6. The van der Waals surface area contributed by atoms with E-state index in [2.05, 4.69) is 15.3 Å². The Morgan fingerprint density at radius 2 is 2.19 bits per heavy atom. The largest absolute Gasteiger partial charge is 0.491 e. The quantitative estimate of drug-likeness (QED) is 0.828. The van der Waals surface area contributed by atoms with E-state index < -0.39 is 0 Å². The van der Waals surface area contributed by atoms with Crippen molar-refractivity contribution in [2.45, 2.75) is 19.8 Å². The molecule has 1 aliphatic rings. The van der Waals surface area contributed by atoms with Crippen molar-refractivity contribution in [1.82, 2.24) is 9.97 Å². The zero-order valence-corrected chi connectivity index (χ0v) is 11.9. The molecule has 1 aliphatic carbocycles. The summed E-state index contributed by atoms with van der Waals surface area (Å²) in [6.07, 6.45) is 6.60. The molecule has 0 aromatic carbocycles. The van der Waals surface area contributed by atoms with Crippen LogP contribution >= 0.6 is 0 Å². The van der Waals surface area contributed by atoms with Gasteiger partial charge < -0.3 is 10.1 Å². The number of carbonyl (C=O) groups excluding carboxylic acids is 1. The monoisotopic (exact) mass is 283 g/mol. The molecule has 0 saturated heterocycles. The van der Waals surface area contributed by atoms with Gasteiger partial charge in [-0.2, -0.15) is 0 Å². The van der Waals surface area contributed by atoms with Crippen LogP contribution in [-0.2, 0) is 4.79 Å². The topological polar surface area (TPSA) is 64.1 Å². The highest BCUT2D eigenvalue weighted by Crippen LogP contribution is 2.31. The van der Waals surface area contributed by atoms with Crippen LogP contribution in [-0.4, -0.2) is 23.0 Å². The third kappa shape index (κ3) is 3.37. The standard InChI is InChI=1S/C16H17N3O2/c1-11-15(21-9-12-2-3-12)6-14(8-18-11)13-4-5-17-16(7-13)19-10-20/h4-8,10,12H,2-3,9H2,1H3,(H,17,19,20). The molecule has 0 unspecified atom stereocenters. The van der Waals surface area contributed by atoms with E-state index in [1.54, 1.807) is 12.4 Å². The summed E-state index contributed by atoms with van der Waals surface area (Å²) in [4.78, 5) is 19.0. The van der Waals surface area contributed by atoms with Crippen molar-refractivity contribution in [3.05, 3.63) is 36.3 Å². The van der Waals surface area contributed by atoms with Crippen LogP contribution in [0.1, 0.15) is 18.5 Å². The maximum atomic E-state index is 10.5. The summed E-state index contributed by atoms with van der Waals surface area (Å²) in [6, 6.07) is 5.68.